The second-order valence-electron chi connectivity index (χ2n) is 15.9. The van der Waals surface area contributed by atoms with Gasteiger partial charge in [-0.2, -0.15) is 0 Å². The predicted molar refractivity (Wildman–Crippen MR) is 236 cm³/mol. The Kier molecular flexibility index (Phi) is 40.2. The van der Waals surface area contributed by atoms with Crippen LogP contribution in [0.4, 0.5) is 0 Å². The van der Waals surface area contributed by atoms with Crippen LogP contribution >= 0.6 is 7.82 Å². The van der Waals surface area contributed by atoms with Crippen LogP contribution in [0.5, 0.6) is 0 Å². The number of phosphoric acid groups is 1. The number of nitrogens with two attached hydrogens (primary N) is 1. The molecule has 0 fully saturated rings. The van der Waals surface area contributed by atoms with Crippen molar-refractivity contribution < 1.29 is 47.5 Å². The molecule has 0 aliphatic heterocycles. The normalized spacial score (nSPS) is 13.9. The zero-order valence-electron chi connectivity index (χ0n) is 36.9. The van der Waals surface area contributed by atoms with Crippen molar-refractivity contribution in [2.45, 2.75) is 231 Å². The number of esters is 2. The highest BCUT2D eigenvalue weighted by molar-refractivity contribution is 7.47. The minimum absolute atomic E-state index is 0.143. The van der Waals surface area contributed by atoms with E-state index in [-0.39, 0.29) is 19.4 Å². The van der Waals surface area contributed by atoms with Gasteiger partial charge in [0.15, 0.2) is 6.10 Å². The van der Waals surface area contributed by atoms with Gasteiger partial charge in [0.2, 0.25) is 0 Å². The van der Waals surface area contributed by atoms with Crippen LogP contribution in [0.2, 0.25) is 0 Å². The third-order valence-corrected chi connectivity index (χ3v) is 11.1. The molecule has 0 aromatic rings. The molecule has 11 nitrogen and oxygen atoms in total. The Labute approximate surface area is 353 Å². The third kappa shape index (κ3) is 40.7. The molecule has 0 radical (unpaired) electrons. The first-order valence-corrected chi connectivity index (χ1v) is 24.9. The largest absolute Gasteiger partial charge is 0.480 e. The molecular weight excluding hydrogens is 757 g/mol. The van der Waals surface area contributed by atoms with E-state index in [1.807, 2.05) is 0 Å². The molecule has 4 N–H and O–H groups in total. The van der Waals surface area contributed by atoms with Gasteiger partial charge in [0.1, 0.15) is 12.6 Å². The summed E-state index contributed by atoms with van der Waals surface area (Å²) in [5.41, 5.74) is 5.34. The molecule has 0 spiro atoms. The molecule has 12 heteroatoms. The van der Waals surface area contributed by atoms with E-state index in [1.54, 1.807) is 0 Å². The number of rotatable bonds is 44. The Morgan fingerprint density at radius 2 is 0.862 bits per heavy atom. The lowest BCUT2D eigenvalue weighted by molar-refractivity contribution is -0.161. The van der Waals surface area contributed by atoms with Crippen molar-refractivity contribution in [2.75, 3.05) is 19.8 Å². The van der Waals surface area contributed by atoms with Gasteiger partial charge in [-0.15, -0.1) is 0 Å². The maximum atomic E-state index is 12.6. The number of hydrogen-bond donors (Lipinski definition) is 3. The minimum atomic E-state index is -4.72. The van der Waals surface area contributed by atoms with Crippen LogP contribution in [0, 0.1) is 0 Å². The summed E-state index contributed by atoms with van der Waals surface area (Å²) >= 11 is 0. The zero-order chi connectivity index (χ0) is 42.8. The van der Waals surface area contributed by atoms with Gasteiger partial charge >= 0.3 is 25.7 Å². The Balaban J connectivity index is 4.25. The van der Waals surface area contributed by atoms with E-state index < -0.39 is 51.1 Å². The average Bonchev–Trinajstić information content (AvgIpc) is 3.20. The van der Waals surface area contributed by atoms with E-state index in [9.17, 15) is 23.8 Å². The average molecular weight is 844 g/mol. The van der Waals surface area contributed by atoms with Gasteiger partial charge in [-0.1, -0.05) is 167 Å². The Hall–Kier alpha value is -2.04. The summed E-state index contributed by atoms with van der Waals surface area (Å²) in [7, 11) is -4.72. The lowest BCUT2D eigenvalue weighted by atomic mass is 10.0. The first-order chi connectivity index (χ1) is 28.1. The van der Waals surface area contributed by atoms with Crippen molar-refractivity contribution in [3.05, 3.63) is 24.3 Å². The van der Waals surface area contributed by atoms with Gasteiger partial charge in [0.05, 0.1) is 13.2 Å². The Morgan fingerprint density at radius 3 is 1.28 bits per heavy atom. The van der Waals surface area contributed by atoms with E-state index in [1.165, 1.54) is 135 Å². The number of carboxylic acid groups (broad SMARTS) is 1. The molecule has 0 aliphatic carbocycles. The summed E-state index contributed by atoms with van der Waals surface area (Å²) in [6.45, 7) is 2.79. The number of carbonyl (C=O) groups is 3. The van der Waals surface area contributed by atoms with Gasteiger partial charge in [0.25, 0.3) is 0 Å². The van der Waals surface area contributed by atoms with Crippen LogP contribution in [0.3, 0.4) is 0 Å². The van der Waals surface area contributed by atoms with Crippen LogP contribution in [-0.2, 0) is 37.5 Å². The third-order valence-electron chi connectivity index (χ3n) is 10.2. The standard InChI is InChI=1S/C46H86NO10P/c1-3-5-7-9-11-13-15-17-18-19-20-21-22-23-24-26-27-29-31-33-35-37-44(48)54-39-42(40-55-58(52,53)56-41-43(47)46(50)51)57-45(49)38-36-34-32-30-28-25-16-14-12-10-8-6-4-2/h17-18,25,28,42-43H,3-16,19-24,26-27,29-41,47H2,1-2H3,(H,50,51)(H,52,53)/b18-17+,28-25+/t42-,43-/m0/s1. The SMILES string of the molecule is CCCCCCCC/C=C/CCCCCCCCCCCCCC(=O)OC[C@@H](COP(=O)(O)OC[C@H](N)C(=O)O)OC(=O)CCCCC/C=C/CCCCCCCC. The number of ether oxygens (including phenoxy) is 2. The number of carboxylic acids is 1. The first-order valence-electron chi connectivity index (χ1n) is 23.4. The van der Waals surface area contributed by atoms with Crippen LogP contribution in [-0.4, -0.2) is 59.9 Å². The predicted octanol–water partition coefficient (Wildman–Crippen LogP) is 12.6. The smallest absolute Gasteiger partial charge is 0.472 e. The highest BCUT2D eigenvalue weighted by Crippen LogP contribution is 2.43. The number of carbonyl (C=O) groups excluding carboxylic acids is 2. The molecule has 0 heterocycles. The number of unbranched alkanes of at least 4 members (excludes halogenated alkanes) is 26. The molecular formula is C46H86NO10P. The fraction of sp³-hybridized carbons (Fsp3) is 0.848. The summed E-state index contributed by atoms with van der Waals surface area (Å²) in [6, 6.07) is -1.52. The lowest BCUT2D eigenvalue weighted by Gasteiger charge is -2.20. The minimum Gasteiger partial charge on any atom is -0.480 e. The summed E-state index contributed by atoms with van der Waals surface area (Å²) in [5.74, 6) is -2.39. The highest BCUT2D eigenvalue weighted by atomic mass is 31.2. The number of aliphatic carboxylic acids is 1. The molecule has 1 unspecified atom stereocenters. The Morgan fingerprint density at radius 1 is 0.517 bits per heavy atom. The summed E-state index contributed by atoms with van der Waals surface area (Å²) in [5, 5.41) is 8.89. The Bertz CT molecular complexity index is 1080. The molecule has 0 amide bonds. The van der Waals surface area contributed by atoms with Crippen molar-refractivity contribution in [3.63, 3.8) is 0 Å². The lowest BCUT2D eigenvalue weighted by Crippen LogP contribution is -2.34. The molecule has 340 valence electrons. The fourth-order valence-electron chi connectivity index (χ4n) is 6.47. The van der Waals surface area contributed by atoms with Crippen molar-refractivity contribution in [1.29, 1.82) is 0 Å². The van der Waals surface area contributed by atoms with Crippen LogP contribution in [0.25, 0.3) is 0 Å². The van der Waals surface area contributed by atoms with E-state index in [2.05, 4.69) is 42.7 Å². The van der Waals surface area contributed by atoms with Gasteiger partial charge in [-0.05, 0) is 64.2 Å². The molecule has 0 rings (SSSR count). The summed E-state index contributed by atoms with van der Waals surface area (Å²) < 4.78 is 32.7. The fourth-order valence-corrected chi connectivity index (χ4v) is 7.24. The maximum Gasteiger partial charge on any atom is 0.472 e. The topological polar surface area (TPSA) is 172 Å². The molecule has 0 aromatic heterocycles. The number of allylic oxidation sites excluding steroid dienone is 4. The molecule has 0 saturated carbocycles. The molecule has 0 bridgehead atoms. The summed E-state index contributed by atoms with van der Waals surface area (Å²) in [6.07, 6.45) is 43.9. The van der Waals surface area contributed by atoms with Crippen LogP contribution in [0.15, 0.2) is 24.3 Å². The molecule has 58 heavy (non-hydrogen) atoms. The van der Waals surface area contributed by atoms with Crippen molar-refractivity contribution >= 4 is 25.7 Å². The van der Waals surface area contributed by atoms with Gasteiger partial charge in [-0.25, -0.2) is 4.57 Å². The van der Waals surface area contributed by atoms with Crippen molar-refractivity contribution in [2.24, 2.45) is 5.73 Å². The van der Waals surface area contributed by atoms with E-state index in [4.69, 9.17) is 24.8 Å². The van der Waals surface area contributed by atoms with E-state index in [0.29, 0.717) is 12.8 Å². The zero-order valence-corrected chi connectivity index (χ0v) is 37.8. The van der Waals surface area contributed by atoms with E-state index in [0.717, 1.165) is 44.9 Å². The monoisotopic (exact) mass is 844 g/mol. The van der Waals surface area contributed by atoms with Gasteiger partial charge in [0, 0.05) is 12.8 Å². The van der Waals surface area contributed by atoms with Crippen LogP contribution < -0.4 is 5.73 Å². The molecule has 3 atom stereocenters. The van der Waals surface area contributed by atoms with Gasteiger partial charge < -0.3 is 25.2 Å². The summed E-state index contributed by atoms with van der Waals surface area (Å²) in [4.78, 5) is 46.0. The quantitative estimate of drug-likeness (QED) is 0.0231. The maximum absolute atomic E-state index is 12.6. The van der Waals surface area contributed by atoms with Crippen molar-refractivity contribution in [1.82, 2.24) is 0 Å². The molecule has 0 aliphatic rings. The molecule has 0 saturated heterocycles. The first kappa shape index (κ1) is 56.0. The number of hydrogen-bond acceptors (Lipinski definition) is 9. The number of phosphoric ester groups is 1. The van der Waals surface area contributed by atoms with Crippen molar-refractivity contribution in [3.8, 4) is 0 Å². The van der Waals surface area contributed by atoms with Crippen LogP contribution in [0.1, 0.15) is 219 Å². The molecule has 0 aromatic carbocycles. The van der Waals surface area contributed by atoms with E-state index >= 15 is 0 Å². The van der Waals surface area contributed by atoms with Gasteiger partial charge in [-0.3, -0.25) is 23.4 Å². The highest BCUT2D eigenvalue weighted by Gasteiger charge is 2.28. The second kappa shape index (κ2) is 41.7. The second-order valence-corrected chi connectivity index (χ2v) is 17.3.